The van der Waals surface area contributed by atoms with Gasteiger partial charge in [0, 0.05) is 18.6 Å². The van der Waals surface area contributed by atoms with E-state index in [0.29, 0.717) is 42.2 Å². The van der Waals surface area contributed by atoms with E-state index < -0.39 is 0 Å². The summed E-state index contributed by atoms with van der Waals surface area (Å²) in [6, 6.07) is 0.373. The van der Waals surface area contributed by atoms with Gasteiger partial charge in [0.15, 0.2) is 0 Å². The van der Waals surface area contributed by atoms with Gasteiger partial charge in [-0.3, -0.25) is 4.79 Å². The predicted molar refractivity (Wildman–Crippen MR) is 81.5 cm³/mol. The molecule has 0 aromatic rings. The van der Waals surface area contributed by atoms with Gasteiger partial charge in [-0.25, -0.2) is 0 Å². The monoisotopic (exact) mass is 291 g/mol. The summed E-state index contributed by atoms with van der Waals surface area (Å²) < 4.78 is 0. The third-order valence-electron chi connectivity index (χ3n) is 6.98. The lowest BCUT2D eigenvalue weighted by atomic mass is 9.51. The first kappa shape index (κ1) is 14.0. The molecule has 0 radical (unpaired) electrons. The zero-order valence-electron chi connectivity index (χ0n) is 13.0. The van der Waals surface area contributed by atoms with Crippen LogP contribution in [0, 0.1) is 35.5 Å². The van der Waals surface area contributed by atoms with Gasteiger partial charge in [0.25, 0.3) is 0 Å². The van der Waals surface area contributed by atoms with Crippen molar-refractivity contribution >= 4 is 5.91 Å². The van der Waals surface area contributed by atoms with Gasteiger partial charge in [0.05, 0.1) is 0 Å². The number of carbonyl (C=O) groups is 1. The van der Waals surface area contributed by atoms with E-state index in [2.05, 4.69) is 5.32 Å². The van der Waals surface area contributed by atoms with Crippen molar-refractivity contribution in [2.24, 2.45) is 35.5 Å². The number of aliphatic hydroxyl groups is 1. The highest BCUT2D eigenvalue weighted by Crippen LogP contribution is 2.56. The van der Waals surface area contributed by atoms with Gasteiger partial charge in [-0.1, -0.05) is 0 Å². The Kier molecular flexibility index (Phi) is 3.72. The second kappa shape index (κ2) is 5.57. The van der Waals surface area contributed by atoms with Crippen LogP contribution >= 0.6 is 0 Å². The molecular formula is C18H29NO2. The Balaban J connectivity index is 1.35. The van der Waals surface area contributed by atoms with Gasteiger partial charge in [-0.15, -0.1) is 0 Å². The molecule has 2 N–H and O–H groups in total. The molecule has 0 spiro atoms. The van der Waals surface area contributed by atoms with Crippen LogP contribution in [-0.4, -0.2) is 23.7 Å². The number of amides is 1. The Labute approximate surface area is 127 Å². The number of hydrogen-bond donors (Lipinski definition) is 2. The third kappa shape index (κ3) is 2.62. The molecule has 5 rings (SSSR count). The van der Waals surface area contributed by atoms with Crippen LogP contribution in [0.1, 0.15) is 57.8 Å². The number of nitrogens with one attached hydrogen (secondary N) is 1. The van der Waals surface area contributed by atoms with Crippen molar-refractivity contribution in [2.45, 2.75) is 63.8 Å². The molecule has 0 unspecified atom stereocenters. The van der Waals surface area contributed by atoms with Gasteiger partial charge in [-0.05, 0) is 87.4 Å². The fraction of sp³-hybridized carbons (Fsp3) is 0.944. The first-order chi connectivity index (χ1) is 10.2. The van der Waals surface area contributed by atoms with E-state index in [1.165, 1.54) is 32.1 Å². The Morgan fingerprint density at radius 2 is 1.48 bits per heavy atom. The molecule has 0 atom stereocenters. The average molecular weight is 291 g/mol. The number of aliphatic hydroxyl groups excluding tert-OH is 1. The molecule has 5 aliphatic carbocycles. The van der Waals surface area contributed by atoms with E-state index in [1.807, 2.05) is 0 Å². The molecule has 0 saturated heterocycles. The molecule has 118 valence electrons. The highest BCUT2D eigenvalue weighted by molar-refractivity contribution is 5.80. The van der Waals surface area contributed by atoms with E-state index >= 15 is 0 Å². The van der Waals surface area contributed by atoms with Crippen LogP contribution in [0.25, 0.3) is 0 Å². The SMILES string of the molecule is O=C(NC1CCC(CO)CC1)C1C2CC3CC(C2)CC1C3. The molecule has 3 nitrogen and oxygen atoms in total. The van der Waals surface area contributed by atoms with Crippen molar-refractivity contribution in [3.8, 4) is 0 Å². The van der Waals surface area contributed by atoms with Crippen LogP contribution in [0.5, 0.6) is 0 Å². The van der Waals surface area contributed by atoms with E-state index in [4.69, 9.17) is 0 Å². The van der Waals surface area contributed by atoms with Gasteiger partial charge >= 0.3 is 0 Å². The van der Waals surface area contributed by atoms with Crippen LogP contribution in [0.2, 0.25) is 0 Å². The summed E-state index contributed by atoms with van der Waals surface area (Å²) in [7, 11) is 0. The van der Waals surface area contributed by atoms with E-state index in [-0.39, 0.29) is 0 Å². The molecule has 5 fully saturated rings. The minimum Gasteiger partial charge on any atom is -0.396 e. The third-order valence-corrected chi connectivity index (χ3v) is 6.98. The molecule has 0 aromatic heterocycles. The van der Waals surface area contributed by atoms with Gasteiger partial charge in [0.2, 0.25) is 5.91 Å². The summed E-state index contributed by atoms with van der Waals surface area (Å²) >= 11 is 0. The molecule has 4 bridgehead atoms. The number of carbonyl (C=O) groups excluding carboxylic acids is 1. The summed E-state index contributed by atoms with van der Waals surface area (Å²) in [5.41, 5.74) is 0. The molecule has 3 heteroatoms. The van der Waals surface area contributed by atoms with E-state index in [9.17, 15) is 9.90 Å². The standard InChI is InChI=1S/C18H29NO2/c20-10-11-1-3-16(4-2-11)19-18(21)17-14-6-12-5-13(8-14)9-15(17)7-12/h11-17,20H,1-10H2,(H,19,21). The smallest absolute Gasteiger partial charge is 0.223 e. The molecule has 5 saturated carbocycles. The zero-order valence-corrected chi connectivity index (χ0v) is 13.0. The first-order valence-electron chi connectivity index (χ1n) is 9.14. The molecule has 21 heavy (non-hydrogen) atoms. The van der Waals surface area contributed by atoms with Crippen LogP contribution in [0.3, 0.4) is 0 Å². The van der Waals surface area contributed by atoms with Crippen LogP contribution in [-0.2, 0) is 4.79 Å². The summed E-state index contributed by atoms with van der Waals surface area (Å²) in [6.45, 7) is 0.316. The lowest BCUT2D eigenvalue weighted by Crippen LogP contribution is -2.52. The second-order valence-electron chi connectivity index (χ2n) is 8.37. The quantitative estimate of drug-likeness (QED) is 0.840. The van der Waals surface area contributed by atoms with Crippen molar-refractivity contribution in [2.75, 3.05) is 6.61 Å². The van der Waals surface area contributed by atoms with Crippen LogP contribution < -0.4 is 5.32 Å². The summed E-state index contributed by atoms with van der Waals surface area (Å²) in [5, 5.41) is 12.6. The van der Waals surface area contributed by atoms with Crippen LogP contribution in [0.15, 0.2) is 0 Å². The maximum absolute atomic E-state index is 12.8. The Bertz CT molecular complexity index is 372. The zero-order chi connectivity index (χ0) is 14.4. The maximum Gasteiger partial charge on any atom is 0.223 e. The Morgan fingerprint density at radius 1 is 0.905 bits per heavy atom. The van der Waals surface area contributed by atoms with Gasteiger partial charge in [0.1, 0.15) is 0 Å². The molecule has 0 aliphatic heterocycles. The first-order valence-corrected chi connectivity index (χ1v) is 9.14. The minimum atomic E-state index is 0.316. The number of rotatable bonds is 3. The largest absolute Gasteiger partial charge is 0.396 e. The lowest BCUT2D eigenvalue weighted by molar-refractivity contribution is -0.139. The normalized spacial score (nSPS) is 48.3. The van der Waals surface area contributed by atoms with Crippen molar-refractivity contribution in [3.63, 3.8) is 0 Å². The molecular weight excluding hydrogens is 262 g/mol. The van der Waals surface area contributed by atoms with Crippen molar-refractivity contribution in [1.29, 1.82) is 0 Å². The summed E-state index contributed by atoms with van der Waals surface area (Å²) in [5.74, 6) is 4.43. The molecule has 0 aromatic carbocycles. The van der Waals surface area contributed by atoms with Crippen molar-refractivity contribution < 1.29 is 9.90 Å². The maximum atomic E-state index is 12.8. The minimum absolute atomic E-state index is 0.316. The fourth-order valence-electron chi connectivity index (χ4n) is 6.14. The van der Waals surface area contributed by atoms with Crippen LogP contribution in [0.4, 0.5) is 0 Å². The molecule has 1 amide bonds. The van der Waals surface area contributed by atoms with E-state index in [0.717, 1.165) is 37.5 Å². The fourth-order valence-corrected chi connectivity index (χ4v) is 6.14. The lowest BCUT2D eigenvalue weighted by Gasteiger charge is -2.53. The molecule has 0 heterocycles. The van der Waals surface area contributed by atoms with Gasteiger partial charge < -0.3 is 10.4 Å². The predicted octanol–water partition coefficient (Wildman–Crippen LogP) is 2.73. The van der Waals surface area contributed by atoms with Crippen molar-refractivity contribution in [3.05, 3.63) is 0 Å². The Hall–Kier alpha value is -0.570. The number of hydrogen-bond acceptors (Lipinski definition) is 2. The Morgan fingerprint density at radius 3 is 2.00 bits per heavy atom. The highest BCUT2D eigenvalue weighted by Gasteiger charge is 2.50. The topological polar surface area (TPSA) is 49.3 Å². The summed E-state index contributed by atoms with van der Waals surface area (Å²) in [4.78, 5) is 12.8. The van der Waals surface area contributed by atoms with Crippen molar-refractivity contribution in [1.82, 2.24) is 5.32 Å². The molecule has 5 aliphatic rings. The average Bonchev–Trinajstić information content (AvgIpc) is 2.47. The second-order valence-corrected chi connectivity index (χ2v) is 8.37. The van der Waals surface area contributed by atoms with Gasteiger partial charge in [-0.2, -0.15) is 0 Å². The highest BCUT2D eigenvalue weighted by atomic mass is 16.3. The summed E-state index contributed by atoms with van der Waals surface area (Å²) in [6.07, 6.45) is 11.0. The van der Waals surface area contributed by atoms with E-state index in [1.54, 1.807) is 0 Å².